The van der Waals surface area contributed by atoms with Crippen molar-refractivity contribution in [3.63, 3.8) is 0 Å². The summed E-state index contributed by atoms with van der Waals surface area (Å²) in [7, 11) is 1.00. The second-order valence-corrected chi connectivity index (χ2v) is 9.86. The zero-order valence-corrected chi connectivity index (χ0v) is 21.6. The third-order valence-corrected chi connectivity index (χ3v) is 7.29. The molecule has 2 N–H and O–H groups in total. The minimum Gasteiger partial charge on any atom is -0.492 e. The zero-order valence-electron chi connectivity index (χ0n) is 21.6. The summed E-state index contributed by atoms with van der Waals surface area (Å²) in [5, 5.41) is 10.2. The lowest BCUT2D eigenvalue weighted by Gasteiger charge is -2.37. The van der Waals surface area contributed by atoms with Crippen molar-refractivity contribution >= 4 is 12.2 Å². The van der Waals surface area contributed by atoms with E-state index in [1.807, 2.05) is 25.1 Å². The molecule has 4 rings (SSSR count). The van der Waals surface area contributed by atoms with Crippen LogP contribution in [0.3, 0.4) is 0 Å². The minimum atomic E-state index is -0.676. The molecule has 1 unspecified atom stereocenters. The Morgan fingerprint density at radius 2 is 1.86 bits per heavy atom. The Bertz CT molecular complexity index is 950. The molecule has 0 spiro atoms. The van der Waals surface area contributed by atoms with Crippen LogP contribution in [0, 0.1) is 5.92 Å². The standard InChI is InChI=1S/C28H36N2O4.CH4O/c1-21(15-22-7-9-23(19-31)10-8-22)30-27(32)28(11-13-33-14-12-28)25-16-26(18-29-17-25)34-20-24-5-3-2-4-6-24;1-2/h7-10,16-19,21,24H,2-6,11-15,20H2,1H3,(H,30,32);2H,1H3. The Balaban J connectivity index is 0.00000176. The van der Waals surface area contributed by atoms with Gasteiger partial charge in [-0.15, -0.1) is 0 Å². The molecule has 1 saturated carbocycles. The number of hydrogen-bond acceptors (Lipinski definition) is 6. The van der Waals surface area contributed by atoms with Gasteiger partial charge in [0.2, 0.25) is 5.91 Å². The van der Waals surface area contributed by atoms with E-state index in [-0.39, 0.29) is 11.9 Å². The Morgan fingerprint density at radius 3 is 2.53 bits per heavy atom. The van der Waals surface area contributed by atoms with Gasteiger partial charge < -0.3 is 19.9 Å². The Kier molecular flexibility index (Phi) is 10.9. The highest BCUT2D eigenvalue weighted by atomic mass is 16.5. The van der Waals surface area contributed by atoms with Gasteiger partial charge in [0.1, 0.15) is 12.0 Å². The van der Waals surface area contributed by atoms with Gasteiger partial charge in [0, 0.05) is 38.1 Å². The Morgan fingerprint density at radius 1 is 1.17 bits per heavy atom. The summed E-state index contributed by atoms with van der Waals surface area (Å²) in [6.45, 7) is 3.82. The number of aliphatic hydroxyl groups is 1. The van der Waals surface area contributed by atoms with Gasteiger partial charge >= 0.3 is 0 Å². The highest BCUT2D eigenvalue weighted by molar-refractivity contribution is 5.88. The number of nitrogens with one attached hydrogen (secondary N) is 1. The molecule has 1 amide bonds. The van der Waals surface area contributed by atoms with Crippen LogP contribution in [0.5, 0.6) is 5.75 Å². The number of carbonyl (C=O) groups is 2. The first-order valence-corrected chi connectivity index (χ1v) is 13.0. The largest absolute Gasteiger partial charge is 0.492 e. The molecule has 1 aliphatic carbocycles. The molecular weight excluding hydrogens is 456 g/mol. The fraction of sp³-hybridized carbons (Fsp3) is 0.552. The van der Waals surface area contributed by atoms with E-state index >= 15 is 0 Å². The van der Waals surface area contributed by atoms with Crippen molar-refractivity contribution in [3.05, 3.63) is 59.4 Å². The predicted octanol–water partition coefficient (Wildman–Crippen LogP) is 4.26. The van der Waals surface area contributed by atoms with E-state index in [0.717, 1.165) is 30.3 Å². The average Bonchev–Trinajstić information content (AvgIpc) is 2.94. The first-order chi connectivity index (χ1) is 17.6. The van der Waals surface area contributed by atoms with Crippen LogP contribution < -0.4 is 10.1 Å². The van der Waals surface area contributed by atoms with Gasteiger partial charge in [-0.25, -0.2) is 0 Å². The number of ether oxygens (including phenoxy) is 2. The maximum atomic E-state index is 13.7. The van der Waals surface area contributed by atoms with Gasteiger partial charge in [-0.1, -0.05) is 43.5 Å². The number of hydrogen-bond donors (Lipinski definition) is 2. The van der Waals surface area contributed by atoms with Crippen LogP contribution in [0.25, 0.3) is 0 Å². The number of pyridine rings is 1. The molecule has 2 aromatic rings. The number of rotatable bonds is 9. The highest BCUT2D eigenvalue weighted by Gasteiger charge is 2.42. The van der Waals surface area contributed by atoms with Gasteiger partial charge in [0.05, 0.1) is 18.2 Å². The number of aldehydes is 1. The minimum absolute atomic E-state index is 0.0130. The monoisotopic (exact) mass is 496 g/mol. The van der Waals surface area contributed by atoms with Crippen LogP contribution in [-0.2, 0) is 21.4 Å². The van der Waals surface area contributed by atoms with Crippen molar-refractivity contribution in [1.82, 2.24) is 10.3 Å². The molecule has 2 fully saturated rings. The lowest BCUT2D eigenvalue weighted by Crippen LogP contribution is -2.50. The SMILES string of the molecule is CC(Cc1ccc(C=O)cc1)NC(=O)C1(c2cncc(OCC3CCCCC3)c2)CCOCC1.CO. The zero-order chi connectivity index (χ0) is 25.8. The summed E-state index contributed by atoms with van der Waals surface area (Å²) in [6, 6.07) is 9.45. The Labute approximate surface area is 214 Å². The van der Waals surface area contributed by atoms with Gasteiger partial charge in [0.15, 0.2) is 0 Å². The van der Waals surface area contributed by atoms with E-state index in [1.54, 1.807) is 24.5 Å². The van der Waals surface area contributed by atoms with Crippen molar-refractivity contribution in [2.45, 2.75) is 69.7 Å². The maximum absolute atomic E-state index is 13.7. The van der Waals surface area contributed by atoms with Crippen molar-refractivity contribution < 1.29 is 24.2 Å². The van der Waals surface area contributed by atoms with Gasteiger partial charge in [-0.2, -0.15) is 0 Å². The molecule has 1 atom stereocenters. The molecule has 2 heterocycles. The molecule has 36 heavy (non-hydrogen) atoms. The highest BCUT2D eigenvalue weighted by Crippen LogP contribution is 2.36. The molecule has 0 radical (unpaired) electrons. The molecule has 1 aliphatic heterocycles. The van der Waals surface area contributed by atoms with E-state index < -0.39 is 5.41 Å². The second kappa shape index (κ2) is 14.1. The second-order valence-electron chi connectivity index (χ2n) is 9.86. The quantitative estimate of drug-likeness (QED) is 0.504. The third kappa shape index (κ3) is 7.37. The molecule has 1 aromatic carbocycles. The molecule has 7 nitrogen and oxygen atoms in total. The molecular formula is C29H40N2O5. The summed E-state index contributed by atoms with van der Waals surface area (Å²) < 4.78 is 11.7. The first-order valence-electron chi connectivity index (χ1n) is 13.0. The van der Waals surface area contributed by atoms with E-state index in [1.165, 1.54) is 32.1 Å². The smallest absolute Gasteiger partial charge is 0.231 e. The van der Waals surface area contributed by atoms with Crippen LogP contribution in [0.2, 0.25) is 0 Å². The fourth-order valence-corrected chi connectivity index (χ4v) is 5.19. The first kappa shape index (κ1) is 27.8. The summed E-state index contributed by atoms with van der Waals surface area (Å²) in [4.78, 5) is 29.0. The van der Waals surface area contributed by atoms with Crippen LogP contribution >= 0.6 is 0 Å². The fourth-order valence-electron chi connectivity index (χ4n) is 5.19. The topological polar surface area (TPSA) is 97.8 Å². The Hall–Kier alpha value is -2.77. The van der Waals surface area contributed by atoms with Gasteiger partial charge in [-0.05, 0) is 62.1 Å². The average molecular weight is 497 g/mol. The summed E-state index contributed by atoms with van der Waals surface area (Å²) in [5.41, 5.74) is 1.96. The van der Waals surface area contributed by atoms with Crippen molar-refractivity contribution in [2.75, 3.05) is 26.9 Å². The van der Waals surface area contributed by atoms with Crippen LogP contribution in [0.15, 0.2) is 42.7 Å². The van der Waals surface area contributed by atoms with E-state index in [0.29, 0.717) is 50.6 Å². The number of aromatic nitrogens is 1. The summed E-state index contributed by atoms with van der Waals surface area (Å²) in [5.74, 6) is 1.36. The van der Waals surface area contributed by atoms with Crippen molar-refractivity contribution in [2.24, 2.45) is 5.92 Å². The molecule has 196 valence electrons. The van der Waals surface area contributed by atoms with Crippen LogP contribution in [-0.4, -0.2) is 55.3 Å². The number of nitrogens with zero attached hydrogens (tertiary/aromatic N) is 1. The van der Waals surface area contributed by atoms with Crippen LogP contribution in [0.4, 0.5) is 0 Å². The van der Waals surface area contributed by atoms with E-state index in [4.69, 9.17) is 14.6 Å². The maximum Gasteiger partial charge on any atom is 0.231 e. The van der Waals surface area contributed by atoms with Gasteiger partial charge in [-0.3, -0.25) is 14.6 Å². The molecule has 2 aliphatic rings. The van der Waals surface area contributed by atoms with Crippen molar-refractivity contribution in [1.29, 1.82) is 0 Å². The number of amides is 1. The molecule has 0 bridgehead atoms. The third-order valence-electron chi connectivity index (χ3n) is 7.29. The number of aliphatic hydroxyl groups excluding tert-OH is 1. The van der Waals surface area contributed by atoms with E-state index in [9.17, 15) is 9.59 Å². The summed E-state index contributed by atoms with van der Waals surface area (Å²) >= 11 is 0. The number of benzene rings is 1. The lowest BCUT2D eigenvalue weighted by molar-refractivity contribution is -0.131. The molecule has 1 saturated heterocycles. The number of carbonyl (C=O) groups excluding carboxylic acids is 2. The molecule has 7 heteroatoms. The van der Waals surface area contributed by atoms with Crippen LogP contribution in [0.1, 0.15) is 73.4 Å². The van der Waals surface area contributed by atoms with Gasteiger partial charge in [0.25, 0.3) is 0 Å². The van der Waals surface area contributed by atoms with Crippen molar-refractivity contribution in [3.8, 4) is 5.75 Å². The predicted molar refractivity (Wildman–Crippen MR) is 139 cm³/mol. The normalized spacial score (nSPS) is 18.3. The van der Waals surface area contributed by atoms with E-state index in [2.05, 4.69) is 10.3 Å². The molecule has 1 aromatic heterocycles. The summed E-state index contributed by atoms with van der Waals surface area (Å²) in [6.07, 6.45) is 12.7. The lowest BCUT2D eigenvalue weighted by atomic mass is 9.73.